The van der Waals surface area contributed by atoms with E-state index >= 15 is 0 Å². The highest BCUT2D eigenvalue weighted by atomic mass is 16.2. The number of nitrogens with zero attached hydrogens (tertiary/aromatic N) is 4. The second kappa shape index (κ2) is 10.5. The van der Waals surface area contributed by atoms with Crippen LogP contribution in [0.4, 0.5) is 0 Å². The fourth-order valence-electron chi connectivity index (χ4n) is 5.03. The molecule has 1 aliphatic heterocycles. The Balaban J connectivity index is 1.46. The fourth-order valence-corrected chi connectivity index (χ4v) is 5.03. The molecule has 8 heteroatoms. The van der Waals surface area contributed by atoms with E-state index in [0.717, 1.165) is 23.2 Å². The van der Waals surface area contributed by atoms with Gasteiger partial charge in [0.1, 0.15) is 12.1 Å². The lowest BCUT2D eigenvalue weighted by Gasteiger charge is -2.30. The molecule has 1 fully saturated rings. The van der Waals surface area contributed by atoms with Gasteiger partial charge in [-0.05, 0) is 49.3 Å². The Morgan fingerprint density at radius 3 is 2.38 bits per heavy atom. The molecule has 1 aromatic carbocycles. The van der Waals surface area contributed by atoms with Crippen molar-refractivity contribution in [2.24, 2.45) is 5.92 Å². The Morgan fingerprint density at radius 1 is 1.11 bits per heavy atom. The molecule has 1 saturated heterocycles. The van der Waals surface area contributed by atoms with Crippen molar-refractivity contribution in [1.29, 1.82) is 0 Å². The van der Waals surface area contributed by atoms with Gasteiger partial charge >= 0.3 is 0 Å². The third kappa shape index (κ3) is 5.63. The van der Waals surface area contributed by atoms with Gasteiger partial charge < -0.3 is 15.2 Å². The van der Waals surface area contributed by atoms with Crippen molar-refractivity contribution in [2.75, 3.05) is 6.54 Å². The largest absolute Gasteiger partial charge is 0.367 e. The van der Waals surface area contributed by atoms with Gasteiger partial charge in [-0.1, -0.05) is 64.1 Å². The number of benzene rings is 1. The highest BCUT2D eigenvalue weighted by Crippen LogP contribution is 2.29. The standard InChI is InChI=1S/C29H40N6O2/c1-18(2)26(35-17-25(32-33-35)29(5,6)7)28(37)34-14-8-9-24(34)27(36)31-20(4)21-10-12-22(13-11-21)23-16-30-15-19(23)3/h10-13,15-18,20,24,26,30H,8-9,14H2,1-7H3,(H,31,36)/t20-,24-,26-/m0/s1. The maximum Gasteiger partial charge on any atom is 0.248 e. The topological polar surface area (TPSA) is 95.9 Å². The molecule has 3 atom stereocenters. The quantitative estimate of drug-likeness (QED) is 0.476. The third-order valence-electron chi connectivity index (χ3n) is 7.32. The number of amides is 2. The molecule has 2 aromatic heterocycles. The zero-order valence-electron chi connectivity index (χ0n) is 23.1. The van der Waals surface area contributed by atoms with Crippen LogP contribution in [0.1, 0.15) is 83.3 Å². The Morgan fingerprint density at radius 2 is 1.81 bits per heavy atom. The minimum Gasteiger partial charge on any atom is -0.367 e. The summed E-state index contributed by atoms with van der Waals surface area (Å²) in [6, 6.07) is 7.11. The number of aryl methyl sites for hydroxylation is 1. The number of nitrogens with one attached hydrogen (secondary N) is 2. The van der Waals surface area contributed by atoms with Gasteiger partial charge in [-0.15, -0.1) is 5.10 Å². The van der Waals surface area contributed by atoms with E-state index in [2.05, 4.69) is 72.6 Å². The molecule has 2 N–H and O–H groups in total. The van der Waals surface area contributed by atoms with E-state index in [9.17, 15) is 9.59 Å². The number of rotatable bonds is 7. The second-order valence-electron chi connectivity index (χ2n) is 11.6. The molecule has 198 valence electrons. The predicted molar refractivity (Wildman–Crippen MR) is 145 cm³/mol. The number of aromatic amines is 1. The molecule has 0 spiro atoms. The van der Waals surface area contributed by atoms with Gasteiger partial charge in [-0.25, -0.2) is 4.68 Å². The van der Waals surface area contributed by atoms with Gasteiger partial charge in [0.05, 0.1) is 11.7 Å². The number of carbonyl (C=O) groups is 2. The van der Waals surface area contributed by atoms with E-state index in [4.69, 9.17) is 0 Å². The zero-order chi connectivity index (χ0) is 26.9. The molecule has 8 nitrogen and oxygen atoms in total. The molecule has 0 unspecified atom stereocenters. The smallest absolute Gasteiger partial charge is 0.248 e. The van der Waals surface area contributed by atoms with Crippen LogP contribution < -0.4 is 5.32 Å². The Labute approximate surface area is 219 Å². The van der Waals surface area contributed by atoms with Crippen molar-refractivity contribution in [2.45, 2.75) is 84.8 Å². The van der Waals surface area contributed by atoms with Gasteiger partial charge in [0, 0.05) is 36.1 Å². The molecule has 4 rings (SSSR count). The van der Waals surface area contributed by atoms with Crippen LogP contribution in [0.2, 0.25) is 0 Å². The van der Waals surface area contributed by atoms with Crippen LogP contribution in [0.15, 0.2) is 42.9 Å². The van der Waals surface area contributed by atoms with E-state index in [1.54, 1.807) is 9.58 Å². The third-order valence-corrected chi connectivity index (χ3v) is 7.32. The molecule has 3 aromatic rings. The molecule has 0 bridgehead atoms. The summed E-state index contributed by atoms with van der Waals surface area (Å²) in [5.41, 5.74) is 5.21. The van der Waals surface area contributed by atoms with E-state index < -0.39 is 12.1 Å². The van der Waals surface area contributed by atoms with Crippen molar-refractivity contribution in [3.8, 4) is 11.1 Å². The normalized spacial score (nSPS) is 17.7. The van der Waals surface area contributed by atoms with Crippen LogP contribution in [-0.2, 0) is 15.0 Å². The number of likely N-dealkylation sites (tertiary alicyclic amines) is 1. The average Bonchev–Trinajstić information content (AvgIpc) is 3.59. The Kier molecular flexibility index (Phi) is 7.57. The summed E-state index contributed by atoms with van der Waals surface area (Å²) in [4.78, 5) is 32.0. The van der Waals surface area contributed by atoms with Gasteiger partial charge in [0.2, 0.25) is 11.8 Å². The molecule has 2 amide bonds. The number of hydrogen-bond acceptors (Lipinski definition) is 4. The van der Waals surface area contributed by atoms with Gasteiger partial charge in [0.25, 0.3) is 0 Å². The molecule has 0 radical (unpaired) electrons. The highest BCUT2D eigenvalue weighted by molar-refractivity contribution is 5.90. The van der Waals surface area contributed by atoms with E-state index in [-0.39, 0.29) is 29.2 Å². The summed E-state index contributed by atoms with van der Waals surface area (Å²) >= 11 is 0. The molecular weight excluding hydrogens is 464 g/mol. The van der Waals surface area contributed by atoms with Crippen molar-refractivity contribution >= 4 is 11.8 Å². The number of carbonyl (C=O) groups excluding carboxylic acids is 2. The minimum absolute atomic E-state index is 0.00688. The highest BCUT2D eigenvalue weighted by Gasteiger charge is 2.39. The number of hydrogen-bond donors (Lipinski definition) is 2. The van der Waals surface area contributed by atoms with Crippen molar-refractivity contribution < 1.29 is 9.59 Å². The van der Waals surface area contributed by atoms with E-state index in [0.29, 0.717) is 13.0 Å². The summed E-state index contributed by atoms with van der Waals surface area (Å²) < 4.78 is 1.68. The van der Waals surface area contributed by atoms with Crippen LogP contribution in [0.3, 0.4) is 0 Å². The minimum atomic E-state index is -0.501. The Bertz CT molecular complexity index is 1230. The van der Waals surface area contributed by atoms with Gasteiger partial charge in [-0.3, -0.25) is 9.59 Å². The average molecular weight is 505 g/mol. The molecule has 37 heavy (non-hydrogen) atoms. The predicted octanol–water partition coefficient (Wildman–Crippen LogP) is 4.94. The first-order valence-electron chi connectivity index (χ1n) is 13.2. The molecular formula is C29H40N6O2. The fraction of sp³-hybridized carbons (Fsp3) is 0.517. The van der Waals surface area contributed by atoms with Crippen LogP contribution in [0.5, 0.6) is 0 Å². The second-order valence-corrected chi connectivity index (χ2v) is 11.6. The van der Waals surface area contributed by atoms with Crippen LogP contribution >= 0.6 is 0 Å². The Hall–Kier alpha value is -3.42. The van der Waals surface area contributed by atoms with Crippen molar-refractivity contribution in [3.63, 3.8) is 0 Å². The zero-order valence-corrected chi connectivity index (χ0v) is 23.1. The summed E-state index contributed by atoms with van der Waals surface area (Å²) in [6.07, 6.45) is 7.31. The van der Waals surface area contributed by atoms with Crippen LogP contribution in [0, 0.1) is 12.8 Å². The van der Waals surface area contributed by atoms with Crippen LogP contribution in [0.25, 0.3) is 11.1 Å². The summed E-state index contributed by atoms with van der Waals surface area (Å²) in [5, 5.41) is 11.8. The molecule has 0 aliphatic carbocycles. The first-order chi connectivity index (χ1) is 17.5. The first-order valence-corrected chi connectivity index (χ1v) is 13.2. The van der Waals surface area contributed by atoms with Gasteiger partial charge in [0.15, 0.2) is 0 Å². The maximum atomic E-state index is 13.7. The SMILES string of the molecule is Cc1c[nH]cc1-c1ccc([C@H](C)NC(=O)[C@@H]2CCCN2C(=O)[C@H](C(C)C)n2cc(C(C)(C)C)nn2)cc1. The van der Waals surface area contributed by atoms with E-state index in [1.807, 2.05) is 39.4 Å². The number of H-pyrrole nitrogens is 1. The van der Waals surface area contributed by atoms with Crippen LogP contribution in [-0.4, -0.2) is 49.3 Å². The molecule has 0 saturated carbocycles. The maximum absolute atomic E-state index is 13.7. The first kappa shape index (κ1) is 26.6. The molecule has 3 heterocycles. The lowest BCUT2D eigenvalue weighted by molar-refractivity contribution is -0.142. The summed E-state index contributed by atoms with van der Waals surface area (Å²) in [6.45, 7) is 14.9. The lowest BCUT2D eigenvalue weighted by atomic mass is 9.93. The monoisotopic (exact) mass is 504 g/mol. The number of aromatic nitrogens is 4. The molecule has 1 aliphatic rings. The van der Waals surface area contributed by atoms with Gasteiger partial charge in [-0.2, -0.15) is 0 Å². The van der Waals surface area contributed by atoms with E-state index in [1.165, 1.54) is 11.1 Å². The summed E-state index contributed by atoms with van der Waals surface area (Å²) in [7, 11) is 0. The van der Waals surface area contributed by atoms with Crippen molar-refractivity contribution in [3.05, 3.63) is 59.7 Å². The lowest BCUT2D eigenvalue weighted by Crippen LogP contribution is -2.49. The van der Waals surface area contributed by atoms with Crippen molar-refractivity contribution in [1.82, 2.24) is 30.2 Å². The summed E-state index contributed by atoms with van der Waals surface area (Å²) in [5.74, 6) is -0.176.